The third-order valence-corrected chi connectivity index (χ3v) is 8.43. The highest BCUT2D eigenvalue weighted by Gasteiger charge is 2.53. The van der Waals surface area contributed by atoms with Crippen molar-refractivity contribution in [1.82, 2.24) is 0 Å². The average Bonchev–Trinajstić information content (AvgIpc) is 3.00. The second-order valence-corrected chi connectivity index (χ2v) is 10.3. The number of aromatic hydroxyl groups is 1. The molecule has 1 aromatic carbocycles. The lowest BCUT2D eigenvalue weighted by Crippen LogP contribution is -2.41. The van der Waals surface area contributed by atoms with Gasteiger partial charge in [0.05, 0.1) is 6.10 Å². The van der Waals surface area contributed by atoms with E-state index in [4.69, 9.17) is 0 Å². The summed E-state index contributed by atoms with van der Waals surface area (Å²) >= 11 is 0. The molecule has 0 unspecified atom stereocenters. The Kier molecular flexibility index (Phi) is 5.15. The van der Waals surface area contributed by atoms with Crippen LogP contribution in [0, 0.1) is 18.3 Å². The number of aliphatic hydroxyl groups excluding tert-OH is 1. The van der Waals surface area contributed by atoms with Crippen molar-refractivity contribution in [2.75, 3.05) is 0 Å². The van der Waals surface area contributed by atoms with Crippen LogP contribution in [0.3, 0.4) is 0 Å². The van der Waals surface area contributed by atoms with Crippen LogP contribution < -0.4 is 0 Å². The molecule has 4 rings (SSSR count). The van der Waals surface area contributed by atoms with E-state index in [1.54, 1.807) is 11.1 Å². The van der Waals surface area contributed by atoms with Crippen LogP contribution in [0.1, 0.15) is 95.2 Å². The Hall–Kier alpha value is -1.28. The maximum atomic E-state index is 10.7. The maximum absolute atomic E-state index is 10.7. The number of phenols is 1. The molecule has 3 aliphatic carbocycles. The number of aliphatic hydroxyl groups is 1. The van der Waals surface area contributed by atoms with Crippen LogP contribution in [0.25, 0.3) is 0 Å². The number of hydrogen-bond donors (Lipinski definition) is 2. The molecule has 0 aromatic heterocycles. The van der Waals surface area contributed by atoms with E-state index in [2.05, 4.69) is 33.8 Å². The molecule has 2 heteroatoms. The minimum Gasteiger partial charge on any atom is -0.508 e. The molecule has 1 aromatic rings. The highest BCUT2D eigenvalue weighted by molar-refractivity contribution is 5.56. The van der Waals surface area contributed by atoms with Gasteiger partial charge in [-0.15, -0.1) is 0 Å². The fourth-order valence-electron chi connectivity index (χ4n) is 6.95. The number of allylic oxidation sites excluding steroid dienone is 1. The predicted molar refractivity (Wildman–Crippen MR) is 116 cm³/mol. The summed E-state index contributed by atoms with van der Waals surface area (Å²) in [5.41, 5.74) is 7.62. The fraction of sp³-hybridized carbons (Fsp3) is 0.692. The summed E-state index contributed by atoms with van der Waals surface area (Å²) in [5.74, 6) is 1.20. The molecule has 0 spiro atoms. The van der Waals surface area contributed by atoms with E-state index in [9.17, 15) is 10.2 Å². The lowest BCUT2D eigenvalue weighted by molar-refractivity contribution is 0.141. The van der Waals surface area contributed by atoms with Crippen molar-refractivity contribution in [2.24, 2.45) is 11.3 Å². The quantitative estimate of drug-likeness (QED) is 0.582. The molecule has 1 fully saturated rings. The van der Waals surface area contributed by atoms with Gasteiger partial charge in [0.2, 0.25) is 0 Å². The minimum atomic E-state index is -0.155. The Bertz CT molecular complexity index is 790. The Morgan fingerprint density at radius 1 is 1.14 bits per heavy atom. The van der Waals surface area contributed by atoms with Gasteiger partial charge >= 0.3 is 0 Å². The predicted octanol–water partition coefficient (Wildman–Crippen LogP) is 6.35. The van der Waals surface area contributed by atoms with E-state index in [0.717, 1.165) is 43.6 Å². The molecule has 154 valence electrons. The molecule has 3 atom stereocenters. The highest BCUT2D eigenvalue weighted by Crippen LogP contribution is 2.63. The number of phenolic OH excluding ortho intramolecular Hbond substituents is 1. The second-order valence-electron chi connectivity index (χ2n) is 10.3. The first-order valence-electron chi connectivity index (χ1n) is 11.6. The Labute approximate surface area is 171 Å². The van der Waals surface area contributed by atoms with Crippen molar-refractivity contribution in [2.45, 2.75) is 103 Å². The van der Waals surface area contributed by atoms with Crippen LogP contribution in [0.15, 0.2) is 23.3 Å². The normalized spacial score (nSPS) is 31.7. The molecule has 2 nitrogen and oxygen atoms in total. The van der Waals surface area contributed by atoms with Crippen LogP contribution in [0.4, 0.5) is 0 Å². The van der Waals surface area contributed by atoms with Gasteiger partial charge in [-0.2, -0.15) is 0 Å². The Morgan fingerprint density at radius 2 is 1.93 bits per heavy atom. The number of rotatable bonds is 5. The summed E-state index contributed by atoms with van der Waals surface area (Å²) in [6.45, 7) is 9.06. The van der Waals surface area contributed by atoms with Gasteiger partial charge in [-0.3, -0.25) is 0 Å². The first kappa shape index (κ1) is 20.0. The number of hydrogen-bond acceptors (Lipinski definition) is 2. The SMILES string of the molecule is CC[C@]12CC[C@]3(CCCC(C)C)C[C@H](O)CC3=C1CCc1c2ccc(O)c1C. The van der Waals surface area contributed by atoms with E-state index in [1.807, 2.05) is 6.07 Å². The van der Waals surface area contributed by atoms with Gasteiger partial charge in [0.1, 0.15) is 5.75 Å². The van der Waals surface area contributed by atoms with Crippen molar-refractivity contribution < 1.29 is 10.2 Å². The lowest BCUT2D eigenvalue weighted by Gasteiger charge is -2.51. The maximum Gasteiger partial charge on any atom is 0.118 e. The zero-order valence-corrected chi connectivity index (χ0v) is 18.3. The molecule has 28 heavy (non-hydrogen) atoms. The van der Waals surface area contributed by atoms with Crippen LogP contribution >= 0.6 is 0 Å². The summed E-state index contributed by atoms with van der Waals surface area (Å²) in [6, 6.07) is 4.12. The molecular weight excluding hydrogens is 344 g/mol. The van der Waals surface area contributed by atoms with Crippen LogP contribution in [0.5, 0.6) is 5.75 Å². The monoisotopic (exact) mass is 382 g/mol. The highest BCUT2D eigenvalue weighted by atomic mass is 16.3. The molecule has 0 aliphatic heterocycles. The number of fused-ring (bicyclic) bond motifs is 4. The summed E-state index contributed by atoms with van der Waals surface area (Å²) in [6.07, 6.45) is 11.2. The van der Waals surface area contributed by atoms with Crippen molar-refractivity contribution in [3.8, 4) is 5.75 Å². The average molecular weight is 383 g/mol. The van der Waals surface area contributed by atoms with E-state index in [-0.39, 0.29) is 16.9 Å². The Morgan fingerprint density at radius 3 is 2.64 bits per heavy atom. The first-order valence-corrected chi connectivity index (χ1v) is 11.6. The van der Waals surface area contributed by atoms with Crippen molar-refractivity contribution >= 4 is 0 Å². The summed E-state index contributed by atoms with van der Waals surface area (Å²) in [4.78, 5) is 0. The molecule has 0 saturated heterocycles. The van der Waals surface area contributed by atoms with Crippen molar-refractivity contribution in [3.63, 3.8) is 0 Å². The van der Waals surface area contributed by atoms with Crippen molar-refractivity contribution in [3.05, 3.63) is 40.0 Å². The largest absolute Gasteiger partial charge is 0.508 e. The third-order valence-electron chi connectivity index (χ3n) is 8.43. The van der Waals surface area contributed by atoms with E-state index in [0.29, 0.717) is 5.75 Å². The molecule has 3 aliphatic rings. The molecule has 0 radical (unpaired) electrons. The summed E-state index contributed by atoms with van der Waals surface area (Å²) < 4.78 is 0. The Balaban J connectivity index is 1.79. The van der Waals surface area contributed by atoms with Crippen molar-refractivity contribution in [1.29, 1.82) is 0 Å². The topological polar surface area (TPSA) is 40.5 Å². The third kappa shape index (κ3) is 2.95. The van der Waals surface area contributed by atoms with Gasteiger partial charge in [-0.1, -0.05) is 50.8 Å². The zero-order chi connectivity index (χ0) is 20.1. The van der Waals surface area contributed by atoms with Gasteiger partial charge in [0, 0.05) is 5.41 Å². The van der Waals surface area contributed by atoms with Gasteiger partial charge in [-0.05, 0) is 92.4 Å². The van der Waals surface area contributed by atoms with Crippen LogP contribution in [-0.2, 0) is 11.8 Å². The molecule has 0 heterocycles. The van der Waals surface area contributed by atoms with Crippen LogP contribution in [0.2, 0.25) is 0 Å². The van der Waals surface area contributed by atoms with E-state index >= 15 is 0 Å². The minimum absolute atomic E-state index is 0.132. The van der Waals surface area contributed by atoms with Crippen LogP contribution in [-0.4, -0.2) is 16.3 Å². The molecular formula is C26H38O2. The van der Waals surface area contributed by atoms with Gasteiger partial charge in [-0.25, -0.2) is 0 Å². The van der Waals surface area contributed by atoms with Gasteiger partial charge in [0.15, 0.2) is 0 Å². The molecule has 1 saturated carbocycles. The van der Waals surface area contributed by atoms with E-state index in [1.165, 1.54) is 43.2 Å². The first-order chi connectivity index (χ1) is 13.3. The molecule has 0 bridgehead atoms. The zero-order valence-electron chi connectivity index (χ0n) is 18.3. The van der Waals surface area contributed by atoms with E-state index < -0.39 is 0 Å². The summed E-state index contributed by atoms with van der Waals surface area (Å²) in [5, 5.41) is 20.9. The smallest absolute Gasteiger partial charge is 0.118 e. The molecule has 2 N–H and O–H groups in total. The van der Waals surface area contributed by atoms with Gasteiger partial charge < -0.3 is 10.2 Å². The standard InChI is InChI=1S/C26H38O2/c1-5-26-14-13-25(12-6-7-17(2)3)16-19(27)15-23(25)22(26)9-8-20-18(4)24(28)11-10-21(20)26/h10-11,17,19,27-28H,5-9,12-16H2,1-4H3/t19-,25-,26-/m1/s1. The molecule has 0 amide bonds. The second kappa shape index (κ2) is 7.20. The lowest BCUT2D eigenvalue weighted by atomic mass is 9.53. The number of benzene rings is 1. The summed E-state index contributed by atoms with van der Waals surface area (Å²) in [7, 11) is 0. The van der Waals surface area contributed by atoms with Gasteiger partial charge in [0.25, 0.3) is 0 Å². The fourth-order valence-corrected chi connectivity index (χ4v) is 6.95.